The summed E-state index contributed by atoms with van der Waals surface area (Å²) in [5.41, 5.74) is 2.34. The molecule has 2 aromatic carbocycles. The quantitative estimate of drug-likeness (QED) is 0.822. The molecule has 1 heterocycles. The van der Waals surface area contributed by atoms with Crippen LogP contribution in [-0.2, 0) is 6.54 Å². The van der Waals surface area contributed by atoms with Crippen molar-refractivity contribution in [2.24, 2.45) is 0 Å². The lowest BCUT2D eigenvalue weighted by Crippen LogP contribution is -2.37. The summed E-state index contributed by atoms with van der Waals surface area (Å²) in [5, 5.41) is 7.27. The molecule has 4 nitrogen and oxygen atoms in total. The molecule has 1 atom stereocenters. The van der Waals surface area contributed by atoms with Crippen LogP contribution in [0.15, 0.2) is 48.5 Å². The van der Waals surface area contributed by atoms with E-state index in [1.165, 1.54) is 5.56 Å². The maximum Gasteiger partial charge on any atom is 0.231 e. The summed E-state index contributed by atoms with van der Waals surface area (Å²) in [6.07, 6.45) is 0.968. The van der Waals surface area contributed by atoms with Crippen molar-refractivity contribution in [3.63, 3.8) is 0 Å². The molecule has 0 bridgehead atoms. The van der Waals surface area contributed by atoms with Crippen molar-refractivity contribution in [1.29, 1.82) is 0 Å². The van der Waals surface area contributed by atoms with Crippen LogP contribution in [0.1, 0.15) is 30.5 Å². The fraction of sp³-hybridized carbons (Fsp3) is 0.278. The van der Waals surface area contributed by atoms with Crippen molar-refractivity contribution < 1.29 is 9.47 Å². The molecule has 0 aliphatic carbocycles. The molecule has 0 fully saturated rings. The number of thiocarbonyl (C=S) groups is 1. The Bertz CT molecular complexity index is 676. The predicted octanol–water partition coefficient (Wildman–Crippen LogP) is 3.53. The van der Waals surface area contributed by atoms with Crippen molar-refractivity contribution in [3.05, 3.63) is 59.7 Å². The number of hydrogen-bond acceptors (Lipinski definition) is 3. The zero-order chi connectivity index (χ0) is 16.1. The van der Waals surface area contributed by atoms with E-state index in [0.29, 0.717) is 18.5 Å². The van der Waals surface area contributed by atoms with Gasteiger partial charge in [-0.2, -0.15) is 0 Å². The molecule has 23 heavy (non-hydrogen) atoms. The van der Waals surface area contributed by atoms with Crippen LogP contribution in [0.25, 0.3) is 0 Å². The molecule has 0 saturated heterocycles. The highest BCUT2D eigenvalue weighted by molar-refractivity contribution is 7.80. The zero-order valence-electron chi connectivity index (χ0n) is 13.0. The molecule has 1 unspecified atom stereocenters. The number of ether oxygens (including phenoxy) is 2. The van der Waals surface area contributed by atoms with Gasteiger partial charge in [-0.3, -0.25) is 0 Å². The third kappa shape index (κ3) is 3.93. The van der Waals surface area contributed by atoms with E-state index in [0.717, 1.165) is 23.5 Å². The standard InChI is InChI=1S/C18H20N2O2S/c1-2-15(14-6-4-3-5-7-14)20-18(23)19-11-13-8-9-16-17(10-13)22-12-21-16/h3-10,15H,2,11-12H2,1H3,(H2,19,20,23). The van der Waals surface area contributed by atoms with Crippen LogP contribution >= 0.6 is 12.2 Å². The van der Waals surface area contributed by atoms with E-state index in [4.69, 9.17) is 21.7 Å². The van der Waals surface area contributed by atoms with Crippen LogP contribution in [0, 0.1) is 0 Å². The van der Waals surface area contributed by atoms with Gasteiger partial charge in [0.2, 0.25) is 6.79 Å². The molecule has 0 saturated carbocycles. The first-order valence-corrected chi connectivity index (χ1v) is 8.15. The molecule has 0 spiro atoms. The summed E-state index contributed by atoms with van der Waals surface area (Å²) in [6.45, 7) is 3.08. The highest BCUT2D eigenvalue weighted by Crippen LogP contribution is 2.32. The monoisotopic (exact) mass is 328 g/mol. The molecule has 5 heteroatoms. The maximum atomic E-state index is 5.42. The molecule has 2 N–H and O–H groups in total. The molecule has 0 amide bonds. The largest absolute Gasteiger partial charge is 0.454 e. The van der Waals surface area contributed by atoms with Crippen LogP contribution in [0.3, 0.4) is 0 Å². The van der Waals surface area contributed by atoms with Crippen molar-refractivity contribution >= 4 is 17.3 Å². The van der Waals surface area contributed by atoms with Crippen LogP contribution < -0.4 is 20.1 Å². The van der Waals surface area contributed by atoms with E-state index < -0.39 is 0 Å². The van der Waals surface area contributed by atoms with Gasteiger partial charge in [0, 0.05) is 6.54 Å². The van der Waals surface area contributed by atoms with Crippen LogP contribution in [0.2, 0.25) is 0 Å². The molecular formula is C18H20N2O2S. The SMILES string of the molecule is CCC(NC(=S)NCc1ccc2c(c1)OCO2)c1ccccc1. The molecule has 0 radical (unpaired) electrons. The van der Waals surface area contributed by atoms with Crippen molar-refractivity contribution in [3.8, 4) is 11.5 Å². The third-order valence-corrected chi connectivity index (χ3v) is 4.07. The smallest absolute Gasteiger partial charge is 0.231 e. The summed E-state index contributed by atoms with van der Waals surface area (Å²) < 4.78 is 10.7. The van der Waals surface area contributed by atoms with Crippen molar-refractivity contribution in [1.82, 2.24) is 10.6 Å². The van der Waals surface area contributed by atoms with E-state index >= 15 is 0 Å². The lowest BCUT2D eigenvalue weighted by molar-refractivity contribution is 0.174. The number of nitrogens with one attached hydrogen (secondary N) is 2. The van der Waals surface area contributed by atoms with Gasteiger partial charge in [-0.1, -0.05) is 43.3 Å². The van der Waals surface area contributed by atoms with E-state index in [2.05, 4.69) is 29.7 Å². The first kappa shape index (κ1) is 15.6. The second-order valence-electron chi connectivity index (χ2n) is 5.39. The van der Waals surface area contributed by atoms with Gasteiger partial charge in [-0.25, -0.2) is 0 Å². The molecule has 1 aliphatic heterocycles. The normalized spacial score (nSPS) is 13.4. The Labute approximate surface area is 141 Å². The van der Waals surface area contributed by atoms with E-state index in [1.807, 2.05) is 36.4 Å². The molecular weight excluding hydrogens is 308 g/mol. The highest BCUT2D eigenvalue weighted by atomic mass is 32.1. The molecule has 1 aliphatic rings. The van der Waals surface area contributed by atoms with Gasteiger partial charge in [-0.05, 0) is 41.9 Å². The summed E-state index contributed by atoms with van der Waals surface area (Å²) in [6, 6.07) is 16.5. The van der Waals surface area contributed by atoms with Crippen LogP contribution in [0.4, 0.5) is 0 Å². The van der Waals surface area contributed by atoms with Gasteiger partial charge in [-0.15, -0.1) is 0 Å². The number of hydrogen-bond donors (Lipinski definition) is 2. The first-order valence-electron chi connectivity index (χ1n) is 7.74. The predicted molar refractivity (Wildman–Crippen MR) is 94.6 cm³/mol. The topological polar surface area (TPSA) is 42.5 Å². The van der Waals surface area contributed by atoms with E-state index in [-0.39, 0.29) is 6.04 Å². The Kier molecular flexibility index (Phi) is 4.98. The second-order valence-corrected chi connectivity index (χ2v) is 5.79. The molecule has 0 aromatic heterocycles. The van der Waals surface area contributed by atoms with E-state index in [1.54, 1.807) is 0 Å². The van der Waals surface area contributed by atoms with Gasteiger partial charge in [0.1, 0.15) is 0 Å². The van der Waals surface area contributed by atoms with Crippen LogP contribution in [-0.4, -0.2) is 11.9 Å². The van der Waals surface area contributed by atoms with Crippen molar-refractivity contribution in [2.75, 3.05) is 6.79 Å². The number of benzene rings is 2. The third-order valence-electron chi connectivity index (χ3n) is 3.81. The lowest BCUT2D eigenvalue weighted by atomic mass is 10.1. The maximum absolute atomic E-state index is 5.42. The average molecular weight is 328 g/mol. The van der Waals surface area contributed by atoms with Gasteiger partial charge in [0.05, 0.1) is 6.04 Å². The summed E-state index contributed by atoms with van der Waals surface area (Å²) in [7, 11) is 0. The van der Waals surface area contributed by atoms with Gasteiger partial charge >= 0.3 is 0 Å². The minimum Gasteiger partial charge on any atom is -0.454 e. The summed E-state index contributed by atoms with van der Waals surface area (Å²) >= 11 is 5.42. The fourth-order valence-electron chi connectivity index (χ4n) is 2.55. The van der Waals surface area contributed by atoms with Crippen molar-refractivity contribution in [2.45, 2.75) is 25.9 Å². The number of fused-ring (bicyclic) bond motifs is 1. The Hall–Kier alpha value is -2.27. The molecule has 120 valence electrons. The Balaban J connectivity index is 1.55. The number of rotatable bonds is 5. The molecule has 3 rings (SSSR count). The zero-order valence-corrected chi connectivity index (χ0v) is 13.9. The minimum absolute atomic E-state index is 0.216. The Morgan fingerprint density at radius 1 is 1.13 bits per heavy atom. The minimum atomic E-state index is 0.216. The summed E-state index contributed by atoms with van der Waals surface area (Å²) in [5.74, 6) is 1.59. The first-order chi connectivity index (χ1) is 11.3. The Morgan fingerprint density at radius 2 is 1.91 bits per heavy atom. The van der Waals surface area contributed by atoms with Gasteiger partial charge < -0.3 is 20.1 Å². The molecule has 2 aromatic rings. The van der Waals surface area contributed by atoms with Gasteiger partial charge in [0.25, 0.3) is 0 Å². The van der Waals surface area contributed by atoms with Crippen LogP contribution in [0.5, 0.6) is 11.5 Å². The lowest BCUT2D eigenvalue weighted by Gasteiger charge is -2.20. The second kappa shape index (κ2) is 7.33. The van der Waals surface area contributed by atoms with Gasteiger partial charge in [0.15, 0.2) is 16.6 Å². The highest BCUT2D eigenvalue weighted by Gasteiger charge is 2.14. The Morgan fingerprint density at radius 3 is 2.70 bits per heavy atom. The summed E-state index contributed by atoms with van der Waals surface area (Å²) in [4.78, 5) is 0. The van der Waals surface area contributed by atoms with E-state index in [9.17, 15) is 0 Å². The average Bonchev–Trinajstić information content (AvgIpc) is 3.06. The fourth-order valence-corrected chi connectivity index (χ4v) is 2.76.